The molecule has 2 rings (SSSR count). The van der Waals surface area contributed by atoms with Crippen LogP contribution in [-0.4, -0.2) is 11.6 Å². The van der Waals surface area contributed by atoms with Gasteiger partial charge < -0.3 is 4.74 Å². The molecule has 0 radical (unpaired) electrons. The molecule has 48 valence electrons. The van der Waals surface area contributed by atoms with E-state index in [2.05, 4.69) is 4.98 Å². The van der Waals surface area contributed by atoms with Gasteiger partial charge in [0.1, 0.15) is 6.10 Å². The quantitative estimate of drug-likeness (QED) is 0.554. The molecule has 1 aromatic rings. The van der Waals surface area contributed by atoms with Crippen molar-refractivity contribution in [2.24, 2.45) is 0 Å². The maximum absolute atomic E-state index is 5.08. The summed E-state index contributed by atoms with van der Waals surface area (Å²) in [7, 11) is 0. The van der Waals surface area contributed by atoms with E-state index >= 15 is 0 Å². The maximum Gasteiger partial charge on any atom is 0.117 e. The summed E-state index contributed by atoms with van der Waals surface area (Å²) in [6.45, 7) is 2.90. The first kappa shape index (κ1) is 5.38. The fraction of sp³-hybridized carbons (Fsp3) is 0.500. The monoisotopic (exact) mass is 141 g/mol. The molecule has 1 aliphatic rings. The largest absolute Gasteiger partial charge is 0.367 e. The van der Waals surface area contributed by atoms with Crippen LogP contribution in [0.2, 0.25) is 0 Å². The first-order valence-electron chi connectivity index (χ1n) is 2.90. The molecule has 3 heteroatoms. The molecule has 1 atom stereocenters. The lowest BCUT2D eigenvalue weighted by atomic mass is 10.4. The lowest BCUT2D eigenvalue weighted by Crippen LogP contribution is -1.67. The molecule has 0 unspecified atom stereocenters. The van der Waals surface area contributed by atoms with Crippen molar-refractivity contribution in [3.63, 3.8) is 0 Å². The zero-order valence-electron chi connectivity index (χ0n) is 5.13. The van der Waals surface area contributed by atoms with Crippen LogP contribution in [-0.2, 0) is 4.74 Å². The van der Waals surface area contributed by atoms with Crippen molar-refractivity contribution < 1.29 is 4.74 Å². The molecule has 0 spiro atoms. The van der Waals surface area contributed by atoms with Crippen molar-refractivity contribution in [3.8, 4) is 0 Å². The summed E-state index contributed by atoms with van der Waals surface area (Å²) in [6, 6.07) is 0. The van der Waals surface area contributed by atoms with E-state index in [4.69, 9.17) is 4.74 Å². The second-order valence-corrected chi connectivity index (χ2v) is 3.37. The summed E-state index contributed by atoms with van der Waals surface area (Å²) in [4.78, 5) is 5.39. The van der Waals surface area contributed by atoms with E-state index in [0.717, 1.165) is 11.6 Å². The Morgan fingerprint density at radius 3 is 3.11 bits per heavy atom. The maximum atomic E-state index is 5.08. The van der Waals surface area contributed by atoms with Gasteiger partial charge in [0, 0.05) is 6.20 Å². The predicted octanol–water partition coefficient (Wildman–Crippen LogP) is 1.52. The van der Waals surface area contributed by atoms with Crippen molar-refractivity contribution in [1.82, 2.24) is 4.98 Å². The van der Waals surface area contributed by atoms with Crippen LogP contribution in [0.25, 0.3) is 0 Å². The molecule has 1 aromatic heterocycles. The number of thiazole rings is 1. The summed E-state index contributed by atoms with van der Waals surface area (Å²) in [6.07, 6.45) is 2.29. The third kappa shape index (κ3) is 0.976. The number of epoxide rings is 1. The molecule has 0 aliphatic carbocycles. The Morgan fingerprint density at radius 1 is 1.89 bits per heavy atom. The van der Waals surface area contributed by atoms with Gasteiger partial charge in [0.15, 0.2) is 0 Å². The van der Waals surface area contributed by atoms with Gasteiger partial charge in [-0.1, -0.05) is 0 Å². The van der Waals surface area contributed by atoms with Crippen molar-refractivity contribution in [2.75, 3.05) is 6.61 Å². The number of hydrogen-bond donors (Lipinski definition) is 0. The zero-order valence-corrected chi connectivity index (χ0v) is 5.94. The molecule has 9 heavy (non-hydrogen) atoms. The second kappa shape index (κ2) is 1.78. The minimum atomic E-state index is 0.385. The number of ether oxygens (including phenoxy) is 1. The highest BCUT2D eigenvalue weighted by Crippen LogP contribution is 2.33. The lowest BCUT2D eigenvalue weighted by molar-refractivity contribution is 0.418. The summed E-state index contributed by atoms with van der Waals surface area (Å²) < 4.78 is 5.08. The number of aromatic nitrogens is 1. The van der Waals surface area contributed by atoms with Crippen LogP contribution in [0.5, 0.6) is 0 Å². The molecule has 2 heterocycles. The highest BCUT2D eigenvalue weighted by atomic mass is 32.1. The van der Waals surface area contributed by atoms with Crippen molar-refractivity contribution in [3.05, 3.63) is 16.1 Å². The highest BCUT2D eigenvalue weighted by molar-refractivity contribution is 7.11. The second-order valence-electron chi connectivity index (χ2n) is 2.10. The van der Waals surface area contributed by atoms with Gasteiger partial charge in [0.25, 0.3) is 0 Å². The topological polar surface area (TPSA) is 25.4 Å². The van der Waals surface area contributed by atoms with Gasteiger partial charge in [-0.3, -0.25) is 0 Å². The van der Waals surface area contributed by atoms with E-state index < -0.39 is 0 Å². The SMILES string of the molecule is Cc1ncc([C@H]2CO2)s1. The molecule has 0 N–H and O–H groups in total. The minimum Gasteiger partial charge on any atom is -0.367 e. The molecular weight excluding hydrogens is 134 g/mol. The summed E-state index contributed by atoms with van der Waals surface area (Å²) in [5, 5.41) is 1.13. The molecule has 2 nitrogen and oxygen atoms in total. The van der Waals surface area contributed by atoms with Crippen molar-refractivity contribution >= 4 is 11.3 Å². The molecule has 1 aliphatic heterocycles. The van der Waals surface area contributed by atoms with Gasteiger partial charge in [-0.15, -0.1) is 11.3 Å². The first-order chi connectivity index (χ1) is 4.36. The van der Waals surface area contributed by atoms with Crippen molar-refractivity contribution in [1.29, 1.82) is 0 Å². The smallest absolute Gasteiger partial charge is 0.117 e. The van der Waals surface area contributed by atoms with Crippen LogP contribution in [0.4, 0.5) is 0 Å². The average Bonchev–Trinajstić information content (AvgIpc) is 2.58. The molecule has 0 aromatic carbocycles. The molecule has 0 amide bonds. The Labute approximate surface area is 57.5 Å². The van der Waals surface area contributed by atoms with E-state index in [1.165, 1.54) is 4.88 Å². The van der Waals surface area contributed by atoms with Gasteiger partial charge in [-0.2, -0.15) is 0 Å². The van der Waals surface area contributed by atoms with Gasteiger partial charge >= 0.3 is 0 Å². The average molecular weight is 141 g/mol. The van der Waals surface area contributed by atoms with Crippen molar-refractivity contribution in [2.45, 2.75) is 13.0 Å². The van der Waals surface area contributed by atoms with Crippen LogP contribution in [0, 0.1) is 6.92 Å². The standard InChI is InChI=1S/C6H7NOS/c1-4-7-2-6(9-4)5-3-8-5/h2,5H,3H2,1H3/t5-/m1/s1. The zero-order chi connectivity index (χ0) is 6.27. The fourth-order valence-corrected chi connectivity index (χ4v) is 1.56. The van der Waals surface area contributed by atoms with E-state index in [1.54, 1.807) is 11.3 Å². The number of aryl methyl sites for hydroxylation is 1. The third-order valence-electron chi connectivity index (χ3n) is 1.29. The fourth-order valence-electron chi connectivity index (χ4n) is 0.739. The van der Waals surface area contributed by atoms with E-state index in [0.29, 0.717) is 6.10 Å². The van der Waals surface area contributed by atoms with Gasteiger partial charge in [-0.25, -0.2) is 4.98 Å². The third-order valence-corrected chi connectivity index (χ3v) is 2.29. The molecule has 1 saturated heterocycles. The van der Waals surface area contributed by atoms with Gasteiger partial charge in [0.05, 0.1) is 16.5 Å². The van der Waals surface area contributed by atoms with Gasteiger partial charge in [-0.05, 0) is 6.92 Å². The van der Waals surface area contributed by atoms with E-state index in [-0.39, 0.29) is 0 Å². The Kier molecular flexibility index (Phi) is 1.07. The first-order valence-corrected chi connectivity index (χ1v) is 3.72. The number of hydrogen-bond acceptors (Lipinski definition) is 3. The van der Waals surface area contributed by atoms with Crippen LogP contribution in [0.1, 0.15) is 16.0 Å². The van der Waals surface area contributed by atoms with E-state index in [1.807, 2.05) is 13.1 Å². The van der Waals surface area contributed by atoms with E-state index in [9.17, 15) is 0 Å². The normalized spacial score (nSPS) is 24.3. The van der Waals surface area contributed by atoms with Crippen LogP contribution in [0.3, 0.4) is 0 Å². The predicted molar refractivity (Wildman–Crippen MR) is 35.5 cm³/mol. The molecule has 1 fully saturated rings. The Bertz CT molecular complexity index is 217. The number of nitrogens with zero attached hydrogens (tertiary/aromatic N) is 1. The molecule has 0 bridgehead atoms. The number of rotatable bonds is 1. The molecular formula is C6H7NOS. The molecule has 0 saturated carbocycles. The Morgan fingerprint density at radius 2 is 2.67 bits per heavy atom. The highest BCUT2D eigenvalue weighted by Gasteiger charge is 2.26. The Hall–Kier alpha value is -0.410. The summed E-state index contributed by atoms with van der Waals surface area (Å²) in [5.41, 5.74) is 0. The van der Waals surface area contributed by atoms with Crippen LogP contribution in [0.15, 0.2) is 6.20 Å². The Balaban J connectivity index is 2.28. The minimum absolute atomic E-state index is 0.385. The summed E-state index contributed by atoms with van der Waals surface area (Å²) in [5.74, 6) is 0. The summed E-state index contributed by atoms with van der Waals surface area (Å²) >= 11 is 1.72. The lowest BCUT2D eigenvalue weighted by Gasteiger charge is -1.78. The van der Waals surface area contributed by atoms with Gasteiger partial charge in [0.2, 0.25) is 0 Å². The van der Waals surface area contributed by atoms with Crippen LogP contribution >= 0.6 is 11.3 Å². The van der Waals surface area contributed by atoms with Crippen LogP contribution < -0.4 is 0 Å².